The van der Waals surface area contributed by atoms with Gasteiger partial charge >= 0.3 is 0 Å². The molecule has 1 atom stereocenters. The lowest BCUT2D eigenvalue weighted by molar-refractivity contribution is -0.142. The number of nitrogens with zero attached hydrogens (tertiary/aromatic N) is 1. The fourth-order valence-corrected chi connectivity index (χ4v) is 3.31. The molecule has 7 heteroatoms. The van der Waals surface area contributed by atoms with E-state index in [9.17, 15) is 9.59 Å². The molecule has 0 aromatic heterocycles. The van der Waals surface area contributed by atoms with Gasteiger partial charge in [-0.25, -0.2) is 0 Å². The van der Waals surface area contributed by atoms with Gasteiger partial charge in [0.25, 0.3) is 5.91 Å². The van der Waals surface area contributed by atoms with Crippen molar-refractivity contribution in [3.63, 3.8) is 0 Å². The average Bonchev–Trinajstić information content (AvgIpc) is 2.67. The summed E-state index contributed by atoms with van der Waals surface area (Å²) >= 11 is 12.2. The summed E-state index contributed by atoms with van der Waals surface area (Å²) in [6.45, 7) is 11.3. The van der Waals surface area contributed by atoms with Crippen LogP contribution in [0.5, 0.6) is 5.75 Å². The van der Waals surface area contributed by atoms with Crippen LogP contribution >= 0.6 is 23.2 Å². The lowest BCUT2D eigenvalue weighted by Gasteiger charge is -2.31. The first kappa shape index (κ1) is 25.0. The Bertz CT molecular complexity index is 954. The van der Waals surface area contributed by atoms with Crippen molar-refractivity contribution in [3.8, 4) is 5.75 Å². The molecule has 0 radical (unpaired) electrons. The lowest BCUT2D eigenvalue weighted by atomic mass is 10.1. The highest BCUT2D eigenvalue weighted by Gasteiger charge is 2.29. The average molecular weight is 465 g/mol. The first-order chi connectivity index (χ1) is 14.4. The van der Waals surface area contributed by atoms with Crippen LogP contribution in [0.25, 0.3) is 0 Å². The molecular formula is C24H30Cl2N2O3. The number of nitrogens with one attached hydrogen (secondary N) is 1. The summed E-state index contributed by atoms with van der Waals surface area (Å²) in [4.78, 5) is 27.4. The predicted molar refractivity (Wildman–Crippen MR) is 126 cm³/mol. The van der Waals surface area contributed by atoms with E-state index in [0.29, 0.717) is 15.8 Å². The Balaban J connectivity index is 2.24. The third kappa shape index (κ3) is 7.15. The highest BCUT2D eigenvalue weighted by molar-refractivity contribution is 6.42. The third-order valence-electron chi connectivity index (χ3n) is 4.91. The molecule has 2 rings (SSSR count). The minimum atomic E-state index is -0.705. The number of aryl methyl sites for hydroxylation is 1. The van der Waals surface area contributed by atoms with E-state index < -0.39 is 11.6 Å². The van der Waals surface area contributed by atoms with Gasteiger partial charge in [-0.15, -0.1) is 0 Å². The Hall–Kier alpha value is -2.24. The Morgan fingerprint density at radius 2 is 1.77 bits per heavy atom. The van der Waals surface area contributed by atoms with Crippen molar-refractivity contribution in [1.82, 2.24) is 10.2 Å². The second-order valence-electron chi connectivity index (χ2n) is 8.67. The van der Waals surface area contributed by atoms with E-state index in [1.807, 2.05) is 52.8 Å². The Morgan fingerprint density at radius 1 is 1.10 bits per heavy atom. The van der Waals surface area contributed by atoms with Crippen LogP contribution in [0.15, 0.2) is 36.4 Å². The molecule has 1 N–H and O–H groups in total. The standard InChI is InChI=1S/C24H30Cl2N2O3/c1-15-8-7-9-21(16(15)2)31-14-22(29)28(17(3)23(30)27-24(4,5)6)13-18-10-11-19(25)20(26)12-18/h7-12,17H,13-14H2,1-6H3,(H,27,30). The number of hydrogen-bond acceptors (Lipinski definition) is 3. The highest BCUT2D eigenvalue weighted by atomic mass is 35.5. The van der Waals surface area contributed by atoms with E-state index in [4.69, 9.17) is 27.9 Å². The third-order valence-corrected chi connectivity index (χ3v) is 5.65. The molecule has 0 aliphatic carbocycles. The first-order valence-corrected chi connectivity index (χ1v) is 10.9. The van der Waals surface area contributed by atoms with Crippen molar-refractivity contribution in [2.75, 3.05) is 6.61 Å². The number of ether oxygens (including phenoxy) is 1. The van der Waals surface area contributed by atoms with Crippen molar-refractivity contribution < 1.29 is 14.3 Å². The van der Waals surface area contributed by atoms with Crippen LogP contribution in [0.3, 0.4) is 0 Å². The molecule has 2 amide bonds. The Kier molecular flexibility index (Phi) is 8.38. The van der Waals surface area contributed by atoms with Crippen LogP contribution in [0.4, 0.5) is 0 Å². The molecule has 2 aromatic carbocycles. The van der Waals surface area contributed by atoms with Crippen molar-refractivity contribution in [2.24, 2.45) is 0 Å². The maximum Gasteiger partial charge on any atom is 0.261 e. The number of carbonyl (C=O) groups excluding carboxylic acids is 2. The summed E-state index contributed by atoms with van der Waals surface area (Å²) in [5.74, 6) is 0.103. The molecule has 0 saturated heterocycles. The zero-order valence-electron chi connectivity index (χ0n) is 18.9. The van der Waals surface area contributed by atoms with Crippen molar-refractivity contribution >= 4 is 35.0 Å². The molecule has 0 bridgehead atoms. The summed E-state index contributed by atoms with van der Waals surface area (Å²) in [5.41, 5.74) is 2.41. The second kappa shape index (κ2) is 10.4. The van der Waals surface area contributed by atoms with Crippen molar-refractivity contribution in [3.05, 3.63) is 63.1 Å². The van der Waals surface area contributed by atoms with Crippen molar-refractivity contribution in [2.45, 2.75) is 59.7 Å². The topological polar surface area (TPSA) is 58.6 Å². The van der Waals surface area contributed by atoms with E-state index in [0.717, 1.165) is 16.7 Å². The molecule has 0 aliphatic rings. The molecule has 5 nitrogen and oxygen atoms in total. The van der Waals surface area contributed by atoms with Gasteiger partial charge in [-0.05, 0) is 76.4 Å². The SMILES string of the molecule is Cc1cccc(OCC(=O)N(Cc2ccc(Cl)c(Cl)c2)C(C)C(=O)NC(C)(C)C)c1C. The molecular weight excluding hydrogens is 435 g/mol. The molecule has 0 saturated carbocycles. The Morgan fingerprint density at radius 3 is 2.39 bits per heavy atom. The van der Waals surface area contributed by atoms with Crippen molar-refractivity contribution in [1.29, 1.82) is 0 Å². The zero-order valence-corrected chi connectivity index (χ0v) is 20.4. The number of halogens is 2. The van der Waals surface area contributed by atoms with Gasteiger partial charge in [-0.1, -0.05) is 41.4 Å². The largest absolute Gasteiger partial charge is 0.483 e. The molecule has 2 aromatic rings. The summed E-state index contributed by atoms with van der Waals surface area (Å²) in [6.07, 6.45) is 0. The van der Waals surface area contributed by atoms with Gasteiger partial charge in [0, 0.05) is 12.1 Å². The summed E-state index contributed by atoms with van der Waals surface area (Å²) in [6, 6.07) is 10.2. The van der Waals surface area contributed by atoms with Gasteiger partial charge in [0.1, 0.15) is 11.8 Å². The molecule has 1 unspecified atom stereocenters. The number of carbonyl (C=O) groups is 2. The maximum absolute atomic E-state index is 13.1. The number of rotatable bonds is 7. The van der Waals surface area contributed by atoms with Gasteiger partial charge in [0.05, 0.1) is 10.0 Å². The molecule has 0 fully saturated rings. The van der Waals surface area contributed by atoms with Crippen LogP contribution in [0.1, 0.15) is 44.4 Å². The van der Waals surface area contributed by atoms with E-state index in [1.165, 1.54) is 4.90 Å². The summed E-state index contributed by atoms with van der Waals surface area (Å²) < 4.78 is 5.80. The molecule has 168 valence electrons. The molecule has 0 aliphatic heterocycles. The minimum Gasteiger partial charge on any atom is -0.483 e. The van der Waals surface area contributed by atoms with Gasteiger partial charge in [-0.2, -0.15) is 0 Å². The molecule has 31 heavy (non-hydrogen) atoms. The zero-order chi connectivity index (χ0) is 23.3. The fraction of sp³-hybridized carbons (Fsp3) is 0.417. The van der Waals surface area contributed by atoms with Gasteiger partial charge < -0.3 is 15.0 Å². The first-order valence-electron chi connectivity index (χ1n) is 10.1. The van der Waals surface area contributed by atoms with Crippen LogP contribution in [0.2, 0.25) is 10.0 Å². The van der Waals surface area contributed by atoms with E-state index in [1.54, 1.807) is 25.1 Å². The second-order valence-corrected chi connectivity index (χ2v) is 9.49. The normalized spacial score (nSPS) is 12.3. The van der Waals surface area contributed by atoms with E-state index in [2.05, 4.69) is 5.32 Å². The maximum atomic E-state index is 13.1. The monoisotopic (exact) mass is 464 g/mol. The summed E-state index contributed by atoms with van der Waals surface area (Å²) in [7, 11) is 0. The smallest absolute Gasteiger partial charge is 0.261 e. The van der Waals surface area contributed by atoms with Gasteiger partial charge in [0.2, 0.25) is 5.91 Å². The number of hydrogen-bond donors (Lipinski definition) is 1. The molecule has 0 spiro atoms. The minimum absolute atomic E-state index is 0.182. The fourth-order valence-electron chi connectivity index (χ4n) is 2.99. The van der Waals surface area contributed by atoms with Crippen LogP contribution in [-0.4, -0.2) is 34.9 Å². The number of benzene rings is 2. The van der Waals surface area contributed by atoms with Crippen LogP contribution < -0.4 is 10.1 Å². The predicted octanol–water partition coefficient (Wildman–Crippen LogP) is 5.32. The van der Waals surface area contributed by atoms with Crippen LogP contribution in [0, 0.1) is 13.8 Å². The van der Waals surface area contributed by atoms with Gasteiger partial charge in [0.15, 0.2) is 6.61 Å². The number of amides is 2. The van der Waals surface area contributed by atoms with Crippen LogP contribution in [-0.2, 0) is 16.1 Å². The summed E-state index contributed by atoms with van der Waals surface area (Å²) in [5, 5.41) is 3.75. The molecule has 0 heterocycles. The lowest BCUT2D eigenvalue weighted by Crippen LogP contribution is -2.53. The highest BCUT2D eigenvalue weighted by Crippen LogP contribution is 2.24. The van der Waals surface area contributed by atoms with Gasteiger partial charge in [-0.3, -0.25) is 9.59 Å². The van der Waals surface area contributed by atoms with E-state index >= 15 is 0 Å². The van der Waals surface area contributed by atoms with E-state index in [-0.39, 0.29) is 25.0 Å². The Labute approximate surface area is 194 Å². The quantitative estimate of drug-likeness (QED) is 0.602.